The van der Waals surface area contributed by atoms with E-state index in [-0.39, 0.29) is 17.0 Å². The molecule has 94 valence electrons. The van der Waals surface area contributed by atoms with Gasteiger partial charge in [-0.05, 0) is 25.0 Å². The predicted octanol–water partition coefficient (Wildman–Crippen LogP) is 1.92. The van der Waals surface area contributed by atoms with Crippen LogP contribution < -0.4 is 11.1 Å². The summed E-state index contributed by atoms with van der Waals surface area (Å²) in [6, 6.07) is 7.85. The molecule has 1 amide bonds. The first kappa shape index (κ1) is 12.5. The van der Waals surface area contributed by atoms with E-state index in [1.54, 1.807) is 0 Å². The van der Waals surface area contributed by atoms with Crippen molar-refractivity contribution < 1.29 is 4.79 Å². The van der Waals surface area contributed by atoms with Crippen LogP contribution in [0.5, 0.6) is 0 Å². The quantitative estimate of drug-likeness (QED) is 0.885. The highest BCUT2D eigenvalue weighted by Gasteiger charge is 2.16. The van der Waals surface area contributed by atoms with E-state index in [0.29, 0.717) is 5.13 Å². The summed E-state index contributed by atoms with van der Waals surface area (Å²) in [5.74, 6) is -0.250. The van der Waals surface area contributed by atoms with Gasteiger partial charge < -0.3 is 11.1 Å². The highest BCUT2D eigenvalue weighted by atomic mass is 32.1. The molecule has 3 N–H and O–H groups in total. The predicted molar refractivity (Wildman–Crippen MR) is 71.4 cm³/mol. The Kier molecular flexibility index (Phi) is 3.57. The van der Waals surface area contributed by atoms with Crippen LogP contribution in [0.1, 0.15) is 33.9 Å². The fourth-order valence-electron chi connectivity index (χ4n) is 1.74. The molecule has 0 fully saturated rings. The normalized spacial score (nSPS) is 12.1. The third-order valence-corrected chi connectivity index (χ3v) is 3.39. The summed E-state index contributed by atoms with van der Waals surface area (Å²) in [5, 5.41) is 10.8. The molecule has 0 saturated heterocycles. The average Bonchev–Trinajstić information content (AvgIpc) is 2.76. The Hall–Kier alpha value is -1.95. The molecule has 1 aromatic heterocycles. The molecule has 6 heteroatoms. The van der Waals surface area contributed by atoms with Crippen LogP contribution in [0, 0.1) is 6.92 Å². The molecule has 18 heavy (non-hydrogen) atoms. The molecule has 0 aliphatic rings. The van der Waals surface area contributed by atoms with E-state index in [2.05, 4.69) is 15.5 Å². The van der Waals surface area contributed by atoms with E-state index in [0.717, 1.165) is 22.5 Å². The van der Waals surface area contributed by atoms with Crippen molar-refractivity contribution in [2.45, 2.75) is 19.9 Å². The standard InChI is InChI=1S/C12H14N4OS/c1-7-5-3-4-6-9(7)8(2)14-10(17)11-15-16-12(13)18-11/h3-6,8H,1-2H3,(H2,13,16)(H,14,17). The molecule has 0 aliphatic carbocycles. The third-order valence-electron chi connectivity index (χ3n) is 2.64. The SMILES string of the molecule is Cc1ccccc1C(C)NC(=O)c1nnc(N)s1. The number of carbonyl (C=O) groups excluding carboxylic acids is 1. The van der Waals surface area contributed by atoms with Gasteiger partial charge in [0.1, 0.15) is 0 Å². The Balaban J connectivity index is 2.10. The van der Waals surface area contributed by atoms with Gasteiger partial charge in [0.2, 0.25) is 10.1 Å². The third kappa shape index (κ3) is 2.65. The molecule has 0 bridgehead atoms. The van der Waals surface area contributed by atoms with Gasteiger partial charge in [0.15, 0.2) is 0 Å². The largest absolute Gasteiger partial charge is 0.374 e. The lowest BCUT2D eigenvalue weighted by molar-refractivity contribution is 0.0938. The minimum atomic E-state index is -0.250. The highest BCUT2D eigenvalue weighted by Crippen LogP contribution is 2.18. The number of aromatic nitrogens is 2. The molecular formula is C12H14N4OS. The van der Waals surface area contributed by atoms with Crippen LogP contribution in [-0.2, 0) is 0 Å². The van der Waals surface area contributed by atoms with Gasteiger partial charge in [-0.3, -0.25) is 4.79 Å². The molecule has 1 atom stereocenters. The van der Waals surface area contributed by atoms with Crippen molar-refractivity contribution in [1.82, 2.24) is 15.5 Å². The van der Waals surface area contributed by atoms with Crippen molar-refractivity contribution in [3.05, 3.63) is 40.4 Å². The number of carbonyl (C=O) groups is 1. The second-order valence-electron chi connectivity index (χ2n) is 4.00. The van der Waals surface area contributed by atoms with E-state index < -0.39 is 0 Å². The Morgan fingerprint density at radius 2 is 2.11 bits per heavy atom. The van der Waals surface area contributed by atoms with Crippen LogP contribution in [0.15, 0.2) is 24.3 Å². The Morgan fingerprint density at radius 1 is 1.39 bits per heavy atom. The minimum absolute atomic E-state index is 0.0798. The molecule has 0 saturated carbocycles. The van der Waals surface area contributed by atoms with Crippen LogP contribution in [0.4, 0.5) is 5.13 Å². The van der Waals surface area contributed by atoms with Gasteiger partial charge in [-0.25, -0.2) is 0 Å². The van der Waals surface area contributed by atoms with E-state index in [9.17, 15) is 4.79 Å². The van der Waals surface area contributed by atoms with Crippen molar-refractivity contribution in [2.75, 3.05) is 5.73 Å². The van der Waals surface area contributed by atoms with Crippen LogP contribution >= 0.6 is 11.3 Å². The molecule has 2 rings (SSSR count). The Morgan fingerprint density at radius 3 is 2.72 bits per heavy atom. The number of nitrogen functional groups attached to an aromatic ring is 1. The number of rotatable bonds is 3. The maximum atomic E-state index is 11.9. The summed E-state index contributed by atoms with van der Waals surface area (Å²) in [6.07, 6.45) is 0. The Bertz CT molecular complexity index is 567. The molecule has 0 spiro atoms. The van der Waals surface area contributed by atoms with Crippen molar-refractivity contribution >= 4 is 22.4 Å². The molecule has 2 aromatic rings. The zero-order chi connectivity index (χ0) is 13.1. The number of hydrogen-bond acceptors (Lipinski definition) is 5. The van der Waals surface area contributed by atoms with Crippen molar-refractivity contribution in [3.63, 3.8) is 0 Å². The monoisotopic (exact) mass is 262 g/mol. The van der Waals surface area contributed by atoms with Crippen LogP contribution in [0.25, 0.3) is 0 Å². The lowest BCUT2D eigenvalue weighted by Crippen LogP contribution is -2.27. The van der Waals surface area contributed by atoms with E-state index in [4.69, 9.17) is 5.73 Å². The van der Waals surface area contributed by atoms with Gasteiger partial charge in [-0.1, -0.05) is 35.6 Å². The van der Waals surface area contributed by atoms with Crippen molar-refractivity contribution in [2.24, 2.45) is 0 Å². The van der Waals surface area contributed by atoms with Crippen molar-refractivity contribution in [3.8, 4) is 0 Å². The summed E-state index contributed by atoms with van der Waals surface area (Å²) in [7, 11) is 0. The van der Waals surface area contributed by atoms with Crippen LogP contribution in [0.2, 0.25) is 0 Å². The zero-order valence-corrected chi connectivity index (χ0v) is 11.0. The highest BCUT2D eigenvalue weighted by molar-refractivity contribution is 7.16. The summed E-state index contributed by atoms with van der Waals surface area (Å²) in [4.78, 5) is 11.9. The van der Waals surface area contributed by atoms with E-state index in [1.807, 2.05) is 38.1 Å². The van der Waals surface area contributed by atoms with Gasteiger partial charge in [0, 0.05) is 0 Å². The van der Waals surface area contributed by atoms with E-state index in [1.165, 1.54) is 0 Å². The van der Waals surface area contributed by atoms with Crippen LogP contribution in [0.3, 0.4) is 0 Å². The smallest absolute Gasteiger partial charge is 0.282 e. The molecule has 1 unspecified atom stereocenters. The van der Waals surface area contributed by atoms with Gasteiger partial charge in [0.05, 0.1) is 6.04 Å². The topological polar surface area (TPSA) is 80.9 Å². The lowest BCUT2D eigenvalue weighted by atomic mass is 10.0. The van der Waals surface area contributed by atoms with Gasteiger partial charge in [-0.15, -0.1) is 10.2 Å². The first-order valence-corrected chi connectivity index (χ1v) is 6.35. The zero-order valence-electron chi connectivity index (χ0n) is 10.2. The van der Waals surface area contributed by atoms with Crippen molar-refractivity contribution in [1.29, 1.82) is 0 Å². The second kappa shape index (κ2) is 5.14. The van der Waals surface area contributed by atoms with Gasteiger partial charge in [0.25, 0.3) is 5.91 Å². The number of nitrogens with two attached hydrogens (primary N) is 1. The number of hydrogen-bond donors (Lipinski definition) is 2. The number of amides is 1. The number of aryl methyl sites for hydroxylation is 1. The molecular weight excluding hydrogens is 248 g/mol. The number of benzene rings is 1. The molecule has 5 nitrogen and oxygen atoms in total. The maximum absolute atomic E-state index is 11.9. The molecule has 0 radical (unpaired) electrons. The lowest BCUT2D eigenvalue weighted by Gasteiger charge is -2.15. The summed E-state index contributed by atoms with van der Waals surface area (Å²) in [6.45, 7) is 3.95. The fraction of sp³-hybridized carbons (Fsp3) is 0.250. The van der Waals surface area contributed by atoms with Crippen LogP contribution in [-0.4, -0.2) is 16.1 Å². The van der Waals surface area contributed by atoms with Gasteiger partial charge in [-0.2, -0.15) is 0 Å². The average molecular weight is 262 g/mol. The number of nitrogens with one attached hydrogen (secondary N) is 1. The number of anilines is 1. The molecule has 0 aliphatic heterocycles. The second-order valence-corrected chi connectivity index (χ2v) is 5.01. The Labute approximate surface area is 109 Å². The summed E-state index contributed by atoms with van der Waals surface area (Å²) < 4.78 is 0. The first-order chi connectivity index (χ1) is 8.58. The fourth-order valence-corrected chi connectivity index (χ4v) is 2.25. The minimum Gasteiger partial charge on any atom is -0.374 e. The summed E-state index contributed by atoms with van der Waals surface area (Å²) in [5.41, 5.74) is 7.67. The molecule has 1 aromatic carbocycles. The maximum Gasteiger partial charge on any atom is 0.282 e. The van der Waals surface area contributed by atoms with E-state index >= 15 is 0 Å². The van der Waals surface area contributed by atoms with Gasteiger partial charge >= 0.3 is 0 Å². The number of nitrogens with zero attached hydrogens (tertiary/aromatic N) is 2. The first-order valence-electron chi connectivity index (χ1n) is 5.53. The summed E-state index contributed by atoms with van der Waals surface area (Å²) >= 11 is 1.08. The molecule has 1 heterocycles.